The van der Waals surface area contributed by atoms with Gasteiger partial charge in [0.2, 0.25) is 0 Å². The fraction of sp³-hybridized carbons (Fsp3) is 0.333. The Morgan fingerprint density at radius 1 is 1.50 bits per heavy atom. The molecule has 1 atom stereocenters. The summed E-state index contributed by atoms with van der Waals surface area (Å²) in [5, 5.41) is 3.09. The molecule has 2 rings (SSSR count). The molecule has 0 fully saturated rings. The fourth-order valence-electron chi connectivity index (χ4n) is 1.19. The van der Waals surface area contributed by atoms with Gasteiger partial charge in [0.05, 0.1) is 5.69 Å². The van der Waals surface area contributed by atoms with Gasteiger partial charge in [0, 0.05) is 6.61 Å². The Kier molecular flexibility index (Phi) is 1.87. The van der Waals surface area contributed by atoms with E-state index in [0.717, 1.165) is 11.4 Å². The molecule has 1 heterocycles. The molecule has 1 aromatic rings. The fourth-order valence-corrected chi connectivity index (χ4v) is 1.19. The van der Waals surface area contributed by atoms with Crippen molar-refractivity contribution in [2.75, 3.05) is 11.9 Å². The van der Waals surface area contributed by atoms with Crippen molar-refractivity contribution in [1.29, 1.82) is 0 Å². The lowest BCUT2D eigenvalue weighted by Crippen LogP contribution is -2.23. The Morgan fingerprint density at radius 2 is 2.33 bits per heavy atom. The average molecular weight is 165 g/mol. The maximum absolute atomic E-state index is 5.41. The van der Waals surface area contributed by atoms with Crippen LogP contribution >= 0.6 is 0 Å². The Bertz CT molecular complexity index is 250. The van der Waals surface area contributed by atoms with Crippen molar-refractivity contribution >= 4 is 5.69 Å². The van der Waals surface area contributed by atoms with E-state index in [4.69, 9.17) is 9.47 Å². The first-order chi connectivity index (χ1) is 5.90. The molecule has 0 spiro atoms. The molecule has 0 saturated carbocycles. The van der Waals surface area contributed by atoms with Crippen LogP contribution in [0.2, 0.25) is 0 Å². The van der Waals surface area contributed by atoms with Gasteiger partial charge >= 0.3 is 0 Å². The standard InChI is InChI=1S/C9H11NO2/c1-2-11-9-10-7-5-3-4-6-8(7)12-9/h3-6,9-10H,2H2,1H3/t9-/m1/s1. The summed E-state index contributed by atoms with van der Waals surface area (Å²) in [6.07, 6.45) is -0.313. The zero-order valence-corrected chi connectivity index (χ0v) is 6.91. The average Bonchev–Trinajstić information content (AvgIpc) is 2.47. The molecular weight excluding hydrogens is 154 g/mol. The van der Waals surface area contributed by atoms with Gasteiger partial charge in [-0.15, -0.1) is 0 Å². The molecule has 0 aliphatic carbocycles. The summed E-state index contributed by atoms with van der Waals surface area (Å²) < 4.78 is 10.7. The van der Waals surface area contributed by atoms with Crippen molar-refractivity contribution < 1.29 is 9.47 Å². The van der Waals surface area contributed by atoms with Crippen LogP contribution in [0.1, 0.15) is 6.92 Å². The third-order valence-electron chi connectivity index (χ3n) is 1.71. The number of nitrogens with one attached hydrogen (secondary N) is 1. The minimum absolute atomic E-state index is 0.313. The van der Waals surface area contributed by atoms with Gasteiger partial charge in [-0.05, 0) is 19.1 Å². The number of rotatable bonds is 2. The van der Waals surface area contributed by atoms with Gasteiger partial charge in [0.25, 0.3) is 6.41 Å². The molecular formula is C9H11NO2. The van der Waals surface area contributed by atoms with Gasteiger partial charge in [-0.3, -0.25) is 0 Å². The summed E-state index contributed by atoms with van der Waals surface area (Å²) in [4.78, 5) is 0. The lowest BCUT2D eigenvalue weighted by atomic mass is 10.3. The van der Waals surface area contributed by atoms with Gasteiger partial charge in [-0.25, -0.2) is 0 Å². The summed E-state index contributed by atoms with van der Waals surface area (Å²) >= 11 is 0. The highest BCUT2D eigenvalue weighted by Gasteiger charge is 2.20. The highest BCUT2D eigenvalue weighted by molar-refractivity contribution is 5.59. The van der Waals surface area contributed by atoms with Crippen LogP contribution in [-0.2, 0) is 4.74 Å². The predicted octanol–water partition coefficient (Wildman–Crippen LogP) is 1.81. The smallest absolute Gasteiger partial charge is 0.281 e. The topological polar surface area (TPSA) is 30.5 Å². The first-order valence-corrected chi connectivity index (χ1v) is 4.04. The van der Waals surface area contributed by atoms with Crippen molar-refractivity contribution in [3.8, 4) is 5.75 Å². The van der Waals surface area contributed by atoms with Gasteiger partial charge in [-0.1, -0.05) is 12.1 Å². The molecule has 0 saturated heterocycles. The molecule has 0 unspecified atom stereocenters. The highest BCUT2D eigenvalue weighted by Crippen LogP contribution is 2.30. The van der Waals surface area contributed by atoms with Crippen molar-refractivity contribution in [3.63, 3.8) is 0 Å². The molecule has 64 valence electrons. The maximum atomic E-state index is 5.41. The summed E-state index contributed by atoms with van der Waals surface area (Å²) in [6, 6.07) is 7.79. The largest absolute Gasteiger partial charge is 0.445 e. The number of fused-ring (bicyclic) bond motifs is 1. The second-order valence-electron chi connectivity index (χ2n) is 2.55. The van der Waals surface area contributed by atoms with Crippen LogP contribution in [0.25, 0.3) is 0 Å². The number of ether oxygens (including phenoxy) is 2. The monoisotopic (exact) mass is 165 g/mol. The van der Waals surface area contributed by atoms with Gasteiger partial charge in [0.1, 0.15) is 5.75 Å². The van der Waals surface area contributed by atoms with E-state index in [-0.39, 0.29) is 6.41 Å². The van der Waals surface area contributed by atoms with Gasteiger partial charge in [0.15, 0.2) is 0 Å². The SMILES string of the molecule is CCO[C@H]1Nc2ccccc2O1. The molecule has 0 aromatic heterocycles. The molecule has 1 N–H and O–H groups in total. The molecule has 3 heteroatoms. The molecule has 0 amide bonds. The maximum Gasteiger partial charge on any atom is 0.281 e. The molecule has 1 aliphatic rings. The zero-order valence-electron chi connectivity index (χ0n) is 6.91. The molecule has 0 bridgehead atoms. The van der Waals surface area contributed by atoms with E-state index in [1.807, 2.05) is 31.2 Å². The van der Waals surface area contributed by atoms with Crippen molar-refractivity contribution in [1.82, 2.24) is 0 Å². The highest BCUT2D eigenvalue weighted by atomic mass is 16.7. The van der Waals surface area contributed by atoms with Crippen molar-refractivity contribution in [3.05, 3.63) is 24.3 Å². The number of hydrogen-bond donors (Lipinski definition) is 1. The van der Waals surface area contributed by atoms with E-state index < -0.39 is 0 Å². The van der Waals surface area contributed by atoms with Gasteiger partial charge < -0.3 is 14.8 Å². The number of benzene rings is 1. The van der Waals surface area contributed by atoms with Crippen LogP contribution in [0.3, 0.4) is 0 Å². The lowest BCUT2D eigenvalue weighted by molar-refractivity contribution is -0.0442. The number of hydrogen-bond acceptors (Lipinski definition) is 3. The van der Waals surface area contributed by atoms with E-state index in [0.29, 0.717) is 6.61 Å². The third-order valence-corrected chi connectivity index (χ3v) is 1.71. The summed E-state index contributed by atoms with van der Waals surface area (Å²) in [5.41, 5.74) is 0.996. The lowest BCUT2D eigenvalue weighted by Gasteiger charge is -2.09. The first-order valence-electron chi connectivity index (χ1n) is 4.04. The molecule has 0 radical (unpaired) electrons. The molecule has 1 aliphatic heterocycles. The Balaban J connectivity index is 2.11. The van der Waals surface area contributed by atoms with E-state index in [2.05, 4.69) is 5.32 Å². The van der Waals surface area contributed by atoms with Gasteiger partial charge in [-0.2, -0.15) is 0 Å². The Hall–Kier alpha value is -1.22. The predicted molar refractivity (Wildman–Crippen MR) is 46.1 cm³/mol. The van der Waals surface area contributed by atoms with E-state index in [9.17, 15) is 0 Å². The number of anilines is 1. The van der Waals surface area contributed by atoms with Crippen molar-refractivity contribution in [2.24, 2.45) is 0 Å². The minimum atomic E-state index is -0.313. The zero-order chi connectivity index (χ0) is 8.39. The number of para-hydroxylation sites is 2. The van der Waals surface area contributed by atoms with E-state index in [1.165, 1.54) is 0 Å². The summed E-state index contributed by atoms with van der Waals surface area (Å²) in [6.45, 7) is 2.58. The summed E-state index contributed by atoms with van der Waals surface area (Å²) in [5.74, 6) is 0.857. The van der Waals surface area contributed by atoms with Crippen LogP contribution in [0, 0.1) is 0 Å². The summed E-state index contributed by atoms with van der Waals surface area (Å²) in [7, 11) is 0. The first kappa shape index (κ1) is 7.43. The normalized spacial score (nSPS) is 19.6. The van der Waals surface area contributed by atoms with Crippen LogP contribution in [0.15, 0.2) is 24.3 Å². The molecule has 12 heavy (non-hydrogen) atoms. The third kappa shape index (κ3) is 1.23. The van der Waals surface area contributed by atoms with Crippen LogP contribution in [0.4, 0.5) is 5.69 Å². The van der Waals surface area contributed by atoms with E-state index in [1.54, 1.807) is 0 Å². The Morgan fingerprint density at radius 3 is 3.08 bits per heavy atom. The minimum Gasteiger partial charge on any atom is -0.445 e. The quantitative estimate of drug-likeness (QED) is 0.725. The van der Waals surface area contributed by atoms with Crippen LogP contribution < -0.4 is 10.1 Å². The van der Waals surface area contributed by atoms with E-state index >= 15 is 0 Å². The molecule has 1 aromatic carbocycles. The van der Waals surface area contributed by atoms with Crippen molar-refractivity contribution in [2.45, 2.75) is 13.3 Å². The van der Waals surface area contributed by atoms with Crippen LogP contribution in [0.5, 0.6) is 5.75 Å². The second-order valence-corrected chi connectivity index (χ2v) is 2.55. The second kappa shape index (κ2) is 3.03. The Labute approximate surface area is 71.3 Å². The molecule has 3 nitrogen and oxygen atoms in total. The van der Waals surface area contributed by atoms with Crippen LogP contribution in [-0.4, -0.2) is 13.0 Å².